The standard InChI is InChI=1S/C28H39N3O5S/c1-27(2,3)20-14-10-16-22(37)23(20)31-24(32)21(30-26(34)36-28(4,5)6)15-11-17-29-25(33)35-18-19-12-8-7-9-13-19/h7-10,12-14,16,21,37H,11,15,17-18H2,1-6H3,(H,29,33)(H,30,34)(H,31,32)/t21-/m0/s1. The highest BCUT2D eigenvalue weighted by Gasteiger charge is 2.27. The van der Waals surface area contributed by atoms with Crippen LogP contribution in [0.25, 0.3) is 0 Å². The van der Waals surface area contributed by atoms with E-state index >= 15 is 0 Å². The summed E-state index contributed by atoms with van der Waals surface area (Å²) >= 11 is 4.53. The van der Waals surface area contributed by atoms with E-state index in [4.69, 9.17) is 9.47 Å². The average molecular weight is 530 g/mol. The summed E-state index contributed by atoms with van der Waals surface area (Å²) < 4.78 is 10.6. The van der Waals surface area contributed by atoms with Gasteiger partial charge in [-0.2, -0.15) is 0 Å². The fourth-order valence-corrected chi connectivity index (χ4v) is 3.76. The normalized spacial score (nSPS) is 12.3. The monoisotopic (exact) mass is 529 g/mol. The van der Waals surface area contributed by atoms with Gasteiger partial charge in [-0.25, -0.2) is 9.59 Å². The van der Waals surface area contributed by atoms with Crippen LogP contribution in [-0.4, -0.2) is 36.3 Å². The maximum atomic E-state index is 13.3. The minimum Gasteiger partial charge on any atom is -0.445 e. The number of rotatable bonds is 9. The third kappa shape index (κ3) is 10.8. The lowest BCUT2D eigenvalue weighted by Crippen LogP contribution is -2.46. The van der Waals surface area contributed by atoms with Crippen molar-refractivity contribution in [1.29, 1.82) is 0 Å². The molecular weight excluding hydrogens is 490 g/mol. The fourth-order valence-electron chi connectivity index (χ4n) is 3.50. The Hall–Kier alpha value is -3.20. The lowest BCUT2D eigenvalue weighted by Gasteiger charge is -2.26. The molecule has 0 radical (unpaired) electrons. The molecule has 0 bridgehead atoms. The molecule has 37 heavy (non-hydrogen) atoms. The Morgan fingerprint density at radius 1 is 0.919 bits per heavy atom. The molecule has 0 aliphatic rings. The van der Waals surface area contributed by atoms with Crippen LogP contribution < -0.4 is 16.0 Å². The van der Waals surface area contributed by atoms with E-state index in [0.29, 0.717) is 17.0 Å². The van der Waals surface area contributed by atoms with Crippen LogP contribution in [0.2, 0.25) is 0 Å². The van der Waals surface area contributed by atoms with Gasteiger partial charge in [0.05, 0.1) is 5.69 Å². The van der Waals surface area contributed by atoms with Crippen molar-refractivity contribution in [3.63, 3.8) is 0 Å². The van der Waals surface area contributed by atoms with Crippen molar-refractivity contribution in [3.8, 4) is 0 Å². The third-order valence-electron chi connectivity index (χ3n) is 5.26. The number of alkyl carbamates (subject to hydrolysis) is 2. The molecule has 0 fully saturated rings. The molecule has 0 heterocycles. The van der Waals surface area contributed by atoms with Crippen LogP contribution >= 0.6 is 12.6 Å². The molecule has 8 nitrogen and oxygen atoms in total. The Balaban J connectivity index is 2.02. The van der Waals surface area contributed by atoms with Crippen molar-refractivity contribution < 1.29 is 23.9 Å². The molecule has 0 spiro atoms. The van der Waals surface area contributed by atoms with Crippen LogP contribution in [0.15, 0.2) is 53.4 Å². The van der Waals surface area contributed by atoms with Gasteiger partial charge in [0.1, 0.15) is 18.2 Å². The average Bonchev–Trinajstić information content (AvgIpc) is 2.79. The van der Waals surface area contributed by atoms with Crippen molar-refractivity contribution in [3.05, 3.63) is 59.7 Å². The van der Waals surface area contributed by atoms with Gasteiger partial charge in [-0.3, -0.25) is 4.79 Å². The highest BCUT2D eigenvalue weighted by molar-refractivity contribution is 7.80. The first-order chi connectivity index (χ1) is 17.3. The van der Waals surface area contributed by atoms with E-state index in [9.17, 15) is 14.4 Å². The number of carbonyl (C=O) groups is 3. The lowest BCUT2D eigenvalue weighted by molar-refractivity contribution is -0.118. The highest BCUT2D eigenvalue weighted by atomic mass is 32.1. The van der Waals surface area contributed by atoms with Gasteiger partial charge < -0.3 is 25.4 Å². The molecule has 0 aliphatic carbocycles. The van der Waals surface area contributed by atoms with Gasteiger partial charge in [-0.1, -0.05) is 63.2 Å². The molecule has 2 rings (SSSR count). The van der Waals surface area contributed by atoms with Crippen molar-refractivity contribution in [2.45, 2.75) is 82.9 Å². The molecule has 202 valence electrons. The summed E-state index contributed by atoms with van der Waals surface area (Å²) in [6, 6.07) is 14.1. The zero-order valence-electron chi connectivity index (χ0n) is 22.5. The predicted molar refractivity (Wildman–Crippen MR) is 148 cm³/mol. The van der Waals surface area contributed by atoms with Crippen LogP contribution in [0.3, 0.4) is 0 Å². The molecule has 0 saturated carbocycles. The number of anilines is 1. The third-order valence-corrected chi connectivity index (χ3v) is 5.63. The lowest BCUT2D eigenvalue weighted by atomic mass is 9.85. The zero-order chi connectivity index (χ0) is 27.6. The quantitative estimate of drug-likeness (QED) is 0.242. The van der Waals surface area contributed by atoms with Crippen molar-refractivity contribution in [1.82, 2.24) is 10.6 Å². The van der Waals surface area contributed by atoms with Crippen LogP contribution in [0, 0.1) is 0 Å². The van der Waals surface area contributed by atoms with Crippen LogP contribution in [-0.2, 0) is 26.3 Å². The molecule has 0 aliphatic heterocycles. The van der Waals surface area contributed by atoms with E-state index in [2.05, 4.69) is 28.6 Å². The summed E-state index contributed by atoms with van der Waals surface area (Å²) in [6.45, 7) is 11.8. The summed E-state index contributed by atoms with van der Waals surface area (Å²) in [6.07, 6.45) is -0.561. The van der Waals surface area contributed by atoms with Crippen LogP contribution in [0.5, 0.6) is 0 Å². The smallest absolute Gasteiger partial charge is 0.408 e. The number of benzene rings is 2. The minimum atomic E-state index is -0.891. The number of thiol groups is 1. The zero-order valence-corrected chi connectivity index (χ0v) is 23.4. The molecule has 0 saturated heterocycles. The molecule has 3 amide bonds. The summed E-state index contributed by atoms with van der Waals surface area (Å²) in [4.78, 5) is 38.4. The Morgan fingerprint density at radius 3 is 2.22 bits per heavy atom. The predicted octanol–water partition coefficient (Wildman–Crippen LogP) is 5.81. The van der Waals surface area contributed by atoms with E-state index in [1.807, 2.05) is 63.2 Å². The van der Waals surface area contributed by atoms with Gasteiger partial charge in [-0.15, -0.1) is 12.6 Å². The largest absolute Gasteiger partial charge is 0.445 e. The number of carbonyl (C=O) groups excluding carboxylic acids is 3. The Bertz CT molecular complexity index is 1060. The molecule has 0 aromatic heterocycles. The van der Waals surface area contributed by atoms with Crippen LogP contribution in [0.1, 0.15) is 65.5 Å². The number of hydrogen-bond acceptors (Lipinski definition) is 6. The Labute approximate surface area is 225 Å². The molecule has 2 aromatic rings. The van der Waals surface area contributed by atoms with E-state index in [1.165, 1.54) is 0 Å². The summed E-state index contributed by atoms with van der Waals surface area (Å²) in [5.74, 6) is -0.399. The number of hydrogen-bond donors (Lipinski definition) is 4. The van der Waals surface area contributed by atoms with Crippen molar-refractivity contribution in [2.24, 2.45) is 0 Å². The first-order valence-electron chi connectivity index (χ1n) is 12.3. The Kier molecular flexibility index (Phi) is 10.9. The number of nitrogens with one attached hydrogen (secondary N) is 3. The fraction of sp³-hybridized carbons (Fsp3) is 0.464. The van der Waals surface area contributed by atoms with Gasteiger partial charge >= 0.3 is 12.2 Å². The summed E-state index contributed by atoms with van der Waals surface area (Å²) in [5.41, 5.74) is 1.45. The molecule has 0 unspecified atom stereocenters. The molecule has 9 heteroatoms. The SMILES string of the molecule is CC(C)(C)OC(=O)N[C@@H](CCCNC(=O)OCc1ccccc1)C(=O)Nc1c(S)cccc1C(C)(C)C. The summed E-state index contributed by atoms with van der Waals surface area (Å²) in [7, 11) is 0. The second-order valence-electron chi connectivity index (χ2n) is 10.8. The molecular formula is C28H39N3O5S. The maximum Gasteiger partial charge on any atom is 0.408 e. The molecule has 2 aromatic carbocycles. The van der Waals surface area contributed by atoms with Crippen molar-refractivity contribution in [2.75, 3.05) is 11.9 Å². The van der Waals surface area contributed by atoms with Gasteiger partial charge in [0.15, 0.2) is 0 Å². The van der Waals surface area contributed by atoms with E-state index in [0.717, 1.165) is 11.1 Å². The topological polar surface area (TPSA) is 106 Å². The Morgan fingerprint density at radius 2 is 1.59 bits per heavy atom. The number of para-hydroxylation sites is 1. The first-order valence-corrected chi connectivity index (χ1v) is 12.8. The second-order valence-corrected chi connectivity index (χ2v) is 11.3. The molecule has 3 N–H and O–H groups in total. The van der Waals surface area contributed by atoms with Gasteiger partial charge in [-0.05, 0) is 56.2 Å². The van der Waals surface area contributed by atoms with E-state index < -0.39 is 29.7 Å². The van der Waals surface area contributed by atoms with Crippen LogP contribution in [0.4, 0.5) is 15.3 Å². The second kappa shape index (κ2) is 13.4. The summed E-state index contributed by atoms with van der Waals surface area (Å²) in [5, 5.41) is 8.29. The van der Waals surface area contributed by atoms with Gasteiger partial charge in [0.25, 0.3) is 0 Å². The maximum absolute atomic E-state index is 13.3. The highest BCUT2D eigenvalue weighted by Crippen LogP contribution is 2.34. The number of amides is 3. The van der Waals surface area contributed by atoms with E-state index in [1.54, 1.807) is 26.8 Å². The first kappa shape index (κ1) is 30.0. The van der Waals surface area contributed by atoms with E-state index in [-0.39, 0.29) is 25.0 Å². The number of ether oxygens (including phenoxy) is 2. The van der Waals surface area contributed by atoms with Gasteiger partial charge in [0.2, 0.25) is 5.91 Å². The van der Waals surface area contributed by atoms with Crippen molar-refractivity contribution >= 4 is 36.4 Å². The minimum absolute atomic E-state index is 0.164. The van der Waals surface area contributed by atoms with Gasteiger partial charge in [0, 0.05) is 11.4 Å². The molecule has 1 atom stereocenters.